The van der Waals surface area contributed by atoms with Crippen molar-refractivity contribution in [2.24, 2.45) is 5.14 Å². The van der Waals surface area contributed by atoms with Crippen molar-refractivity contribution in [1.82, 2.24) is 0 Å². The molecule has 0 amide bonds. The van der Waals surface area contributed by atoms with Crippen molar-refractivity contribution in [2.45, 2.75) is 11.8 Å². The number of aryl methyl sites for hydroxylation is 1. The van der Waals surface area contributed by atoms with Gasteiger partial charge in [-0.2, -0.15) is 0 Å². The van der Waals surface area contributed by atoms with Crippen LogP contribution in [0.3, 0.4) is 0 Å². The first-order valence-corrected chi connectivity index (χ1v) is 8.51. The van der Waals surface area contributed by atoms with Gasteiger partial charge in [-0.25, -0.2) is 22.7 Å². The van der Waals surface area contributed by atoms with Crippen LogP contribution in [-0.4, -0.2) is 27.6 Å². The van der Waals surface area contributed by atoms with E-state index in [-0.39, 0.29) is 29.4 Å². The van der Waals surface area contributed by atoms with Crippen molar-refractivity contribution in [2.75, 3.05) is 13.2 Å². The molecule has 128 valence electrons. The molecule has 0 aliphatic carbocycles. The molecule has 8 heteroatoms. The third kappa shape index (κ3) is 4.53. The molecule has 0 radical (unpaired) electrons. The van der Waals surface area contributed by atoms with Gasteiger partial charge in [-0.15, -0.1) is 0 Å². The van der Waals surface area contributed by atoms with Gasteiger partial charge in [0.05, 0.1) is 10.5 Å². The zero-order valence-electron chi connectivity index (χ0n) is 12.9. The van der Waals surface area contributed by atoms with Crippen molar-refractivity contribution in [3.8, 4) is 5.75 Å². The predicted molar refractivity (Wildman–Crippen MR) is 84.7 cm³/mol. The van der Waals surface area contributed by atoms with Gasteiger partial charge in [0.1, 0.15) is 13.2 Å². The number of rotatable bonds is 6. The Bertz CT molecular complexity index is 851. The lowest BCUT2D eigenvalue weighted by Crippen LogP contribution is -2.16. The van der Waals surface area contributed by atoms with E-state index in [2.05, 4.69) is 0 Å². The summed E-state index contributed by atoms with van der Waals surface area (Å²) < 4.78 is 46.4. The van der Waals surface area contributed by atoms with E-state index in [0.717, 1.165) is 6.07 Å². The SMILES string of the molecule is Cc1ccc(C(=O)OCCOc2ccccc2F)cc1S(N)(=O)=O. The molecule has 0 saturated carbocycles. The summed E-state index contributed by atoms with van der Waals surface area (Å²) in [6.07, 6.45) is 0. The number of halogens is 1. The molecule has 24 heavy (non-hydrogen) atoms. The van der Waals surface area contributed by atoms with Gasteiger partial charge in [0, 0.05) is 0 Å². The van der Waals surface area contributed by atoms with Crippen LogP contribution in [-0.2, 0) is 14.8 Å². The summed E-state index contributed by atoms with van der Waals surface area (Å²) >= 11 is 0. The molecule has 2 aromatic carbocycles. The van der Waals surface area contributed by atoms with Gasteiger partial charge < -0.3 is 9.47 Å². The predicted octanol–water partition coefficient (Wildman–Crippen LogP) is 2.02. The number of sulfonamides is 1. The number of esters is 1. The van der Waals surface area contributed by atoms with Crippen LogP contribution in [0, 0.1) is 12.7 Å². The van der Waals surface area contributed by atoms with E-state index < -0.39 is 21.8 Å². The van der Waals surface area contributed by atoms with Crippen LogP contribution in [0.1, 0.15) is 15.9 Å². The van der Waals surface area contributed by atoms with E-state index in [1.807, 2.05) is 0 Å². The molecule has 0 aliphatic rings. The molecule has 0 unspecified atom stereocenters. The monoisotopic (exact) mass is 353 g/mol. The summed E-state index contributed by atoms with van der Waals surface area (Å²) in [6, 6.07) is 9.91. The summed E-state index contributed by atoms with van der Waals surface area (Å²) in [6.45, 7) is 1.41. The number of carbonyl (C=O) groups is 1. The molecule has 0 atom stereocenters. The van der Waals surface area contributed by atoms with Crippen LogP contribution in [0.2, 0.25) is 0 Å². The molecule has 0 fully saturated rings. The number of ether oxygens (including phenoxy) is 2. The molecule has 0 saturated heterocycles. The third-order valence-electron chi connectivity index (χ3n) is 3.14. The Morgan fingerprint density at radius 1 is 1.17 bits per heavy atom. The normalized spacial score (nSPS) is 11.1. The van der Waals surface area contributed by atoms with Crippen LogP contribution >= 0.6 is 0 Å². The lowest BCUT2D eigenvalue weighted by atomic mass is 10.1. The van der Waals surface area contributed by atoms with Gasteiger partial charge >= 0.3 is 5.97 Å². The fraction of sp³-hybridized carbons (Fsp3) is 0.188. The number of carbonyl (C=O) groups excluding carboxylic acids is 1. The highest BCUT2D eigenvalue weighted by molar-refractivity contribution is 7.89. The number of primary sulfonamides is 1. The van der Waals surface area contributed by atoms with Gasteiger partial charge in [-0.3, -0.25) is 0 Å². The lowest BCUT2D eigenvalue weighted by Gasteiger charge is -2.09. The van der Waals surface area contributed by atoms with Crippen LogP contribution in [0.4, 0.5) is 4.39 Å². The number of benzene rings is 2. The zero-order chi connectivity index (χ0) is 17.7. The molecule has 2 aromatic rings. The summed E-state index contributed by atoms with van der Waals surface area (Å²) in [4.78, 5) is 11.8. The molecule has 2 N–H and O–H groups in total. The maximum atomic E-state index is 13.3. The van der Waals surface area contributed by atoms with Crippen molar-refractivity contribution in [1.29, 1.82) is 0 Å². The number of para-hydroxylation sites is 1. The topological polar surface area (TPSA) is 95.7 Å². The third-order valence-corrected chi connectivity index (χ3v) is 4.19. The van der Waals surface area contributed by atoms with Crippen molar-refractivity contribution in [3.63, 3.8) is 0 Å². The molecule has 0 aromatic heterocycles. The van der Waals surface area contributed by atoms with Crippen molar-refractivity contribution < 1.29 is 27.1 Å². The Balaban J connectivity index is 1.95. The van der Waals surface area contributed by atoms with Crippen molar-refractivity contribution >= 4 is 16.0 Å². The summed E-state index contributed by atoms with van der Waals surface area (Å²) in [5, 5.41) is 5.09. The van der Waals surface area contributed by atoms with Gasteiger partial charge in [0.2, 0.25) is 10.0 Å². The van der Waals surface area contributed by atoms with E-state index in [0.29, 0.717) is 5.56 Å². The molecule has 0 spiro atoms. The second kappa shape index (κ2) is 7.41. The first-order chi connectivity index (χ1) is 11.3. The quantitative estimate of drug-likeness (QED) is 0.633. The smallest absolute Gasteiger partial charge is 0.338 e. The average molecular weight is 353 g/mol. The maximum absolute atomic E-state index is 13.3. The second-order valence-electron chi connectivity index (χ2n) is 4.94. The van der Waals surface area contributed by atoms with Gasteiger partial charge in [-0.1, -0.05) is 18.2 Å². The van der Waals surface area contributed by atoms with Crippen LogP contribution in [0.15, 0.2) is 47.4 Å². The molecule has 2 rings (SSSR count). The highest BCUT2D eigenvalue weighted by atomic mass is 32.2. The van der Waals surface area contributed by atoms with E-state index in [1.54, 1.807) is 13.0 Å². The summed E-state index contributed by atoms with van der Waals surface area (Å²) in [7, 11) is -3.93. The Labute approximate surface area is 139 Å². The molecule has 6 nitrogen and oxygen atoms in total. The second-order valence-corrected chi connectivity index (χ2v) is 6.47. The Morgan fingerprint density at radius 2 is 1.88 bits per heavy atom. The highest BCUT2D eigenvalue weighted by Gasteiger charge is 2.16. The minimum atomic E-state index is -3.93. The fourth-order valence-electron chi connectivity index (χ4n) is 1.96. The molecular weight excluding hydrogens is 337 g/mol. The van der Waals surface area contributed by atoms with Gasteiger partial charge in [0.15, 0.2) is 11.6 Å². The number of nitrogens with two attached hydrogens (primary N) is 1. The first-order valence-electron chi connectivity index (χ1n) is 6.97. The van der Waals surface area contributed by atoms with Crippen molar-refractivity contribution in [3.05, 3.63) is 59.4 Å². The van der Waals surface area contributed by atoms with E-state index in [1.165, 1.54) is 30.3 Å². The largest absolute Gasteiger partial charge is 0.487 e. The number of hydrogen-bond donors (Lipinski definition) is 1. The standard InChI is InChI=1S/C16H16FNO5S/c1-11-6-7-12(10-15(11)24(18,20)21)16(19)23-9-8-22-14-5-3-2-4-13(14)17/h2-7,10H,8-9H2,1H3,(H2,18,20,21). The minimum Gasteiger partial charge on any atom is -0.487 e. The molecule has 0 bridgehead atoms. The van der Waals surface area contributed by atoms with Crippen LogP contribution in [0.25, 0.3) is 0 Å². The van der Waals surface area contributed by atoms with Crippen LogP contribution in [0.5, 0.6) is 5.75 Å². The minimum absolute atomic E-state index is 0.0411. The van der Waals surface area contributed by atoms with Crippen LogP contribution < -0.4 is 9.88 Å². The molecule has 0 aliphatic heterocycles. The first kappa shape index (κ1) is 17.9. The lowest BCUT2D eigenvalue weighted by molar-refractivity contribution is 0.0448. The zero-order valence-corrected chi connectivity index (χ0v) is 13.7. The average Bonchev–Trinajstić information content (AvgIpc) is 2.52. The number of hydrogen-bond acceptors (Lipinski definition) is 5. The van der Waals surface area contributed by atoms with E-state index in [4.69, 9.17) is 14.6 Å². The Kier molecular flexibility index (Phi) is 5.53. The van der Waals surface area contributed by atoms with Gasteiger partial charge in [0.25, 0.3) is 0 Å². The molecule has 0 heterocycles. The van der Waals surface area contributed by atoms with E-state index >= 15 is 0 Å². The van der Waals surface area contributed by atoms with Gasteiger partial charge in [-0.05, 0) is 36.8 Å². The maximum Gasteiger partial charge on any atom is 0.338 e. The highest BCUT2D eigenvalue weighted by Crippen LogP contribution is 2.17. The Morgan fingerprint density at radius 3 is 2.54 bits per heavy atom. The Hall–Kier alpha value is -2.45. The van der Waals surface area contributed by atoms with E-state index in [9.17, 15) is 17.6 Å². The fourth-order valence-corrected chi connectivity index (χ4v) is 2.77. The summed E-state index contributed by atoms with van der Waals surface area (Å²) in [5.74, 6) is -1.18. The summed E-state index contributed by atoms with van der Waals surface area (Å²) in [5.41, 5.74) is 0.479. The molecular formula is C16H16FNO5S.